The van der Waals surface area contributed by atoms with Gasteiger partial charge in [0.1, 0.15) is 5.82 Å². The van der Waals surface area contributed by atoms with Crippen LogP contribution in [0.1, 0.15) is 45.1 Å². The Morgan fingerprint density at radius 1 is 1.25 bits per heavy atom. The topological polar surface area (TPSA) is 53.2 Å². The number of nitrogens with one attached hydrogen (secondary N) is 3. The molecular weight excluding hydrogens is 325 g/mol. The Kier molecular flexibility index (Phi) is 6.97. The lowest BCUT2D eigenvalue weighted by Crippen LogP contribution is -2.52. The van der Waals surface area contributed by atoms with Gasteiger partial charge >= 0.3 is 0 Å². The molecule has 0 spiro atoms. The normalized spacial score (nSPS) is 23.4. The molecule has 132 valence electrons. The Hall–Kier alpha value is -1.69. The molecule has 1 aliphatic rings. The maximum Gasteiger partial charge on any atom is 0.238 e. The Labute approximate surface area is 148 Å². The maximum absolute atomic E-state index is 13.5. The molecule has 0 aliphatic heterocycles. The summed E-state index contributed by atoms with van der Waals surface area (Å²) in [5.41, 5.74) is 5.86. The number of carbonyl (C=O) groups is 1. The van der Waals surface area contributed by atoms with Crippen LogP contribution in [0, 0.1) is 17.7 Å². The van der Waals surface area contributed by atoms with Crippen molar-refractivity contribution in [2.75, 3.05) is 0 Å². The summed E-state index contributed by atoms with van der Waals surface area (Å²) in [6, 6.07) is 6.83. The smallest absolute Gasteiger partial charge is 0.238 e. The Balaban J connectivity index is 1.69. The van der Waals surface area contributed by atoms with Crippen molar-refractivity contribution in [3.63, 3.8) is 0 Å². The van der Waals surface area contributed by atoms with Gasteiger partial charge in [0.25, 0.3) is 0 Å². The first-order chi connectivity index (χ1) is 11.5. The zero-order valence-corrected chi connectivity index (χ0v) is 15.1. The average molecular weight is 351 g/mol. The Morgan fingerprint density at radius 3 is 2.75 bits per heavy atom. The van der Waals surface area contributed by atoms with Gasteiger partial charge in [0, 0.05) is 12.5 Å². The number of aryl methyl sites for hydroxylation is 1. The fourth-order valence-electron chi connectivity index (χ4n) is 3.13. The van der Waals surface area contributed by atoms with Crippen LogP contribution in [0.25, 0.3) is 0 Å². The predicted octanol–water partition coefficient (Wildman–Crippen LogP) is 3.08. The molecule has 3 N–H and O–H groups in total. The van der Waals surface area contributed by atoms with Gasteiger partial charge < -0.3 is 5.32 Å². The monoisotopic (exact) mass is 351 g/mol. The van der Waals surface area contributed by atoms with Crippen LogP contribution in [0.4, 0.5) is 4.39 Å². The Morgan fingerprint density at radius 2 is 2.00 bits per heavy atom. The van der Waals surface area contributed by atoms with Crippen LogP contribution in [-0.2, 0) is 11.2 Å². The quantitative estimate of drug-likeness (QED) is 0.576. The molecule has 0 saturated heterocycles. The maximum atomic E-state index is 13.5. The first kappa shape index (κ1) is 18.6. The summed E-state index contributed by atoms with van der Waals surface area (Å²) >= 11 is 5.25. The van der Waals surface area contributed by atoms with Crippen LogP contribution < -0.4 is 16.2 Å². The highest BCUT2D eigenvalue weighted by Gasteiger charge is 2.27. The van der Waals surface area contributed by atoms with Gasteiger partial charge in [-0.1, -0.05) is 44.9 Å². The van der Waals surface area contributed by atoms with Crippen LogP contribution >= 0.6 is 12.2 Å². The average Bonchev–Trinajstić information content (AvgIpc) is 2.56. The van der Waals surface area contributed by atoms with Gasteiger partial charge in [-0.15, -0.1) is 0 Å². The molecule has 0 heterocycles. The third-order valence-corrected chi connectivity index (χ3v) is 5.14. The van der Waals surface area contributed by atoms with Crippen LogP contribution in [0.5, 0.6) is 0 Å². The molecule has 6 heteroatoms. The molecule has 0 aromatic heterocycles. The van der Waals surface area contributed by atoms with Gasteiger partial charge in [-0.3, -0.25) is 15.6 Å². The molecule has 3 atom stereocenters. The van der Waals surface area contributed by atoms with E-state index in [0.29, 0.717) is 35.0 Å². The van der Waals surface area contributed by atoms with Crippen molar-refractivity contribution >= 4 is 23.2 Å². The summed E-state index contributed by atoms with van der Waals surface area (Å²) in [4.78, 5) is 11.9. The van der Waals surface area contributed by atoms with Crippen molar-refractivity contribution in [2.24, 2.45) is 11.8 Å². The van der Waals surface area contributed by atoms with Crippen molar-refractivity contribution < 1.29 is 9.18 Å². The van der Waals surface area contributed by atoms with Crippen LogP contribution in [0.2, 0.25) is 0 Å². The molecule has 0 bridgehead atoms. The van der Waals surface area contributed by atoms with Gasteiger partial charge in [-0.05, 0) is 48.5 Å². The second-order valence-electron chi connectivity index (χ2n) is 6.61. The first-order valence-electron chi connectivity index (χ1n) is 8.56. The fourth-order valence-corrected chi connectivity index (χ4v) is 3.33. The van der Waals surface area contributed by atoms with Crippen molar-refractivity contribution in [3.05, 3.63) is 35.6 Å². The van der Waals surface area contributed by atoms with Crippen LogP contribution in [0.3, 0.4) is 0 Å². The highest BCUT2D eigenvalue weighted by Crippen LogP contribution is 2.29. The molecule has 1 aromatic rings. The minimum Gasteiger partial charge on any atom is -0.358 e. The molecule has 1 aromatic carbocycles. The standard InChI is InChI=1S/C18H26FN3OS/c1-12-6-5-9-16(13(12)2)20-18(24)22-21-17(23)11-10-14-7-3-4-8-15(14)19/h3-4,7-8,12-13,16H,5-6,9-11H2,1-2H3,(H,21,23)(H2,20,22,24)/t12-,13+,16+/m0/s1. The summed E-state index contributed by atoms with van der Waals surface area (Å²) in [6.45, 7) is 4.50. The largest absolute Gasteiger partial charge is 0.358 e. The zero-order valence-electron chi connectivity index (χ0n) is 14.3. The van der Waals surface area contributed by atoms with E-state index < -0.39 is 0 Å². The van der Waals surface area contributed by atoms with Gasteiger partial charge in [-0.2, -0.15) is 0 Å². The van der Waals surface area contributed by atoms with E-state index in [1.807, 2.05) is 0 Å². The van der Waals surface area contributed by atoms with Crippen LogP contribution in [0.15, 0.2) is 24.3 Å². The van der Waals surface area contributed by atoms with Crippen molar-refractivity contribution in [2.45, 2.75) is 52.0 Å². The molecule has 4 nitrogen and oxygen atoms in total. The van der Waals surface area contributed by atoms with Crippen LogP contribution in [-0.4, -0.2) is 17.1 Å². The van der Waals surface area contributed by atoms with Crippen molar-refractivity contribution in [3.8, 4) is 0 Å². The summed E-state index contributed by atoms with van der Waals surface area (Å²) in [6.07, 6.45) is 4.10. The molecule has 1 saturated carbocycles. The molecule has 2 rings (SSSR count). The number of halogens is 1. The molecule has 1 fully saturated rings. The van der Waals surface area contributed by atoms with Crippen molar-refractivity contribution in [1.29, 1.82) is 0 Å². The molecule has 1 amide bonds. The lowest BCUT2D eigenvalue weighted by atomic mass is 9.78. The number of hydrazine groups is 1. The van der Waals surface area contributed by atoms with Gasteiger partial charge in [0.05, 0.1) is 0 Å². The summed E-state index contributed by atoms with van der Waals surface area (Å²) < 4.78 is 13.5. The second kappa shape index (κ2) is 8.97. The summed E-state index contributed by atoms with van der Waals surface area (Å²) in [5, 5.41) is 3.71. The van der Waals surface area contributed by atoms with Gasteiger partial charge in [-0.25, -0.2) is 4.39 Å². The zero-order chi connectivity index (χ0) is 17.5. The molecule has 24 heavy (non-hydrogen) atoms. The van der Waals surface area contributed by atoms with Gasteiger partial charge in [0.2, 0.25) is 5.91 Å². The third-order valence-electron chi connectivity index (χ3n) is 4.92. The number of hydrogen-bond acceptors (Lipinski definition) is 2. The van der Waals surface area contributed by atoms with E-state index in [1.165, 1.54) is 18.9 Å². The van der Waals surface area contributed by atoms with E-state index in [-0.39, 0.29) is 18.1 Å². The third kappa shape index (κ3) is 5.44. The number of thiocarbonyl (C=S) groups is 1. The van der Waals surface area contributed by atoms with E-state index in [1.54, 1.807) is 18.2 Å². The number of carbonyl (C=O) groups excluding carboxylic acids is 1. The second-order valence-corrected chi connectivity index (χ2v) is 7.02. The lowest BCUT2D eigenvalue weighted by molar-refractivity contribution is -0.121. The van der Waals surface area contributed by atoms with E-state index >= 15 is 0 Å². The number of rotatable bonds is 4. The fraction of sp³-hybridized carbons (Fsp3) is 0.556. The van der Waals surface area contributed by atoms with E-state index in [9.17, 15) is 9.18 Å². The first-order valence-corrected chi connectivity index (χ1v) is 8.97. The minimum atomic E-state index is -0.282. The number of hydrogen-bond donors (Lipinski definition) is 3. The lowest BCUT2D eigenvalue weighted by Gasteiger charge is -2.35. The van der Waals surface area contributed by atoms with E-state index in [2.05, 4.69) is 30.0 Å². The SMILES string of the molecule is C[C@@H]1[C@@H](C)CCC[C@H]1NC(=S)NNC(=O)CCc1ccccc1F. The van der Waals surface area contributed by atoms with Gasteiger partial charge in [0.15, 0.2) is 5.11 Å². The Bertz CT molecular complexity index is 581. The minimum absolute atomic E-state index is 0.202. The predicted molar refractivity (Wildman–Crippen MR) is 97.7 cm³/mol. The highest BCUT2D eigenvalue weighted by atomic mass is 32.1. The molecular formula is C18H26FN3OS. The molecule has 0 unspecified atom stereocenters. The molecule has 1 aliphatic carbocycles. The number of benzene rings is 1. The van der Waals surface area contributed by atoms with Crippen molar-refractivity contribution in [1.82, 2.24) is 16.2 Å². The highest BCUT2D eigenvalue weighted by molar-refractivity contribution is 7.80. The van der Waals surface area contributed by atoms with E-state index in [0.717, 1.165) is 6.42 Å². The number of amides is 1. The summed E-state index contributed by atoms with van der Waals surface area (Å²) in [5.74, 6) is 0.730. The van der Waals surface area contributed by atoms with E-state index in [4.69, 9.17) is 12.2 Å². The summed E-state index contributed by atoms with van der Waals surface area (Å²) in [7, 11) is 0. The molecule has 0 radical (unpaired) electrons.